The number of aliphatic hydroxyl groups is 1. The highest BCUT2D eigenvalue weighted by Gasteiger charge is 2.10. The molecule has 0 saturated heterocycles. The van der Waals surface area contributed by atoms with Gasteiger partial charge >= 0.3 is 0 Å². The number of rotatable bonds is 4. The summed E-state index contributed by atoms with van der Waals surface area (Å²) in [6, 6.07) is 9.76. The van der Waals surface area contributed by atoms with Crippen LogP contribution in [0.5, 0.6) is 11.6 Å². The molecule has 0 bridgehead atoms. The number of nitrogens with zero attached hydrogens (tertiary/aromatic N) is 1. The van der Waals surface area contributed by atoms with E-state index in [1.165, 1.54) is 0 Å². The average Bonchev–Trinajstić information content (AvgIpc) is 2.38. The second kappa shape index (κ2) is 6.06. The van der Waals surface area contributed by atoms with Gasteiger partial charge in [0.15, 0.2) is 0 Å². The van der Waals surface area contributed by atoms with E-state index in [2.05, 4.69) is 31.0 Å². The van der Waals surface area contributed by atoms with Crippen LogP contribution in [0.2, 0.25) is 0 Å². The highest BCUT2D eigenvalue weighted by atomic mass is 16.5. The van der Waals surface area contributed by atoms with Crippen LogP contribution < -0.4 is 4.74 Å². The zero-order valence-corrected chi connectivity index (χ0v) is 12.4. The molecule has 20 heavy (non-hydrogen) atoms. The highest BCUT2D eigenvalue weighted by Crippen LogP contribution is 2.31. The van der Waals surface area contributed by atoms with E-state index in [1.807, 2.05) is 13.0 Å². The molecule has 1 atom stereocenters. The molecule has 1 N–H and O–H groups in total. The van der Waals surface area contributed by atoms with Crippen LogP contribution in [0.25, 0.3) is 0 Å². The number of hydrogen-bond donors (Lipinski definition) is 1. The molecule has 1 aromatic heterocycles. The first-order valence-corrected chi connectivity index (χ1v) is 6.90. The Morgan fingerprint density at radius 2 is 1.85 bits per heavy atom. The Kier molecular flexibility index (Phi) is 4.40. The number of ether oxygens (including phenoxy) is 1. The highest BCUT2D eigenvalue weighted by molar-refractivity contribution is 5.41. The summed E-state index contributed by atoms with van der Waals surface area (Å²) in [7, 11) is 0. The lowest BCUT2D eigenvalue weighted by atomic mass is 10.0. The van der Waals surface area contributed by atoms with Gasteiger partial charge in [0.05, 0.1) is 6.10 Å². The maximum absolute atomic E-state index is 9.62. The van der Waals surface area contributed by atoms with Crippen molar-refractivity contribution in [3.63, 3.8) is 0 Å². The summed E-state index contributed by atoms with van der Waals surface area (Å²) in [4.78, 5) is 4.21. The molecule has 0 radical (unpaired) electrons. The van der Waals surface area contributed by atoms with E-state index in [0.29, 0.717) is 11.8 Å². The number of aromatic nitrogens is 1. The van der Waals surface area contributed by atoms with Gasteiger partial charge in [-0.05, 0) is 48.6 Å². The molecule has 0 aliphatic rings. The minimum atomic E-state index is -0.526. The Bertz CT molecular complexity index is 591. The fourth-order valence-corrected chi connectivity index (χ4v) is 2.06. The van der Waals surface area contributed by atoms with Crippen molar-refractivity contribution in [2.75, 3.05) is 0 Å². The lowest BCUT2D eigenvalue weighted by molar-refractivity contribution is 0.198. The lowest BCUT2D eigenvalue weighted by Crippen LogP contribution is -1.98. The predicted molar refractivity (Wildman–Crippen MR) is 80.2 cm³/mol. The fourth-order valence-electron chi connectivity index (χ4n) is 2.06. The Hall–Kier alpha value is -1.87. The summed E-state index contributed by atoms with van der Waals surface area (Å²) in [5.74, 6) is 1.72. The van der Waals surface area contributed by atoms with Crippen LogP contribution in [0.3, 0.4) is 0 Å². The largest absolute Gasteiger partial charge is 0.439 e. The molecule has 106 valence electrons. The average molecular weight is 271 g/mol. The molecule has 0 amide bonds. The zero-order valence-electron chi connectivity index (χ0n) is 12.4. The third-order valence-corrected chi connectivity index (χ3v) is 3.25. The second-order valence-electron chi connectivity index (χ2n) is 5.40. The van der Waals surface area contributed by atoms with Crippen molar-refractivity contribution in [2.24, 2.45) is 0 Å². The van der Waals surface area contributed by atoms with Crippen LogP contribution in [0.4, 0.5) is 0 Å². The molecule has 2 rings (SSSR count). The van der Waals surface area contributed by atoms with Crippen molar-refractivity contribution < 1.29 is 9.84 Å². The molecule has 0 fully saturated rings. The van der Waals surface area contributed by atoms with Crippen molar-refractivity contribution in [3.05, 3.63) is 53.2 Å². The Morgan fingerprint density at radius 3 is 2.50 bits per heavy atom. The summed E-state index contributed by atoms with van der Waals surface area (Å²) >= 11 is 0. The van der Waals surface area contributed by atoms with Gasteiger partial charge in [-0.3, -0.25) is 0 Å². The third-order valence-electron chi connectivity index (χ3n) is 3.25. The third kappa shape index (κ3) is 3.36. The van der Waals surface area contributed by atoms with Gasteiger partial charge in [-0.2, -0.15) is 0 Å². The van der Waals surface area contributed by atoms with Gasteiger partial charge in [-0.15, -0.1) is 0 Å². The van der Waals surface area contributed by atoms with Gasteiger partial charge in [0.1, 0.15) is 5.75 Å². The summed E-state index contributed by atoms with van der Waals surface area (Å²) in [6.07, 6.45) is 1.13. The molecule has 3 nitrogen and oxygen atoms in total. The first-order valence-electron chi connectivity index (χ1n) is 6.90. The van der Waals surface area contributed by atoms with Gasteiger partial charge in [-0.1, -0.05) is 26.0 Å². The maximum atomic E-state index is 9.62. The smallest absolute Gasteiger partial charge is 0.219 e. The topological polar surface area (TPSA) is 42.4 Å². The van der Waals surface area contributed by atoms with E-state index < -0.39 is 6.10 Å². The molecule has 0 aliphatic carbocycles. The summed E-state index contributed by atoms with van der Waals surface area (Å²) in [5, 5.41) is 9.62. The first kappa shape index (κ1) is 14.5. The SMILES string of the molecule is Cc1ccc(C(C)C)c(Oc2cc([C@@H](C)O)ccn2)c1. The van der Waals surface area contributed by atoms with Crippen LogP contribution >= 0.6 is 0 Å². The number of benzene rings is 1. The zero-order chi connectivity index (χ0) is 14.7. The molecule has 2 aromatic rings. The van der Waals surface area contributed by atoms with E-state index in [9.17, 15) is 5.11 Å². The minimum Gasteiger partial charge on any atom is -0.439 e. The van der Waals surface area contributed by atoms with Crippen LogP contribution in [0, 0.1) is 6.92 Å². The van der Waals surface area contributed by atoms with Crippen molar-refractivity contribution in [2.45, 2.75) is 39.7 Å². The second-order valence-corrected chi connectivity index (χ2v) is 5.40. The van der Waals surface area contributed by atoms with Crippen LogP contribution in [-0.2, 0) is 0 Å². The van der Waals surface area contributed by atoms with Gasteiger partial charge in [-0.25, -0.2) is 4.98 Å². The molecule has 3 heteroatoms. The Labute approximate surface area is 120 Å². The number of aryl methyl sites for hydroxylation is 1. The van der Waals surface area contributed by atoms with Crippen LogP contribution in [0.15, 0.2) is 36.5 Å². The normalized spacial score (nSPS) is 12.5. The minimum absolute atomic E-state index is 0.380. The molecule has 1 aromatic carbocycles. The Balaban J connectivity index is 2.34. The number of hydrogen-bond acceptors (Lipinski definition) is 3. The summed E-state index contributed by atoms with van der Waals surface area (Å²) < 4.78 is 5.92. The Morgan fingerprint density at radius 1 is 1.10 bits per heavy atom. The van der Waals surface area contributed by atoms with E-state index >= 15 is 0 Å². The van der Waals surface area contributed by atoms with Crippen molar-refractivity contribution in [1.82, 2.24) is 4.98 Å². The lowest BCUT2D eigenvalue weighted by Gasteiger charge is -2.14. The molecule has 0 spiro atoms. The van der Waals surface area contributed by atoms with Gasteiger partial charge < -0.3 is 9.84 Å². The van der Waals surface area contributed by atoms with E-state index in [1.54, 1.807) is 25.3 Å². The molecular weight excluding hydrogens is 250 g/mol. The van der Waals surface area contributed by atoms with E-state index in [0.717, 1.165) is 22.4 Å². The number of aliphatic hydroxyl groups excluding tert-OH is 1. The quantitative estimate of drug-likeness (QED) is 0.898. The summed E-state index contributed by atoms with van der Waals surface area (Å²) in [6.45, 7) is 8.04. The van der Waals surface area contributed by atoms with Gasteiger partial charge in [0.2, 0.25) is 5.88 Å². The van der Waals surface area contributed by atoms with Crippen molar-refractivity contribution >= 4 is 0 Å². The van der Waals surface area contributed by atoms with Crippen molar-refractivity contribution in [3.8, 4) is 11.6 Å². The fraction of sp³-hybridized carbons (Fsp3) is 0.353. The molecule has 0 aliphatic heterocycles. The molecular formula is C17H21NO2. The first-order chi connectivity index (χ1) is 9.47. The molecule has 1 heterocycles. The van der Waals surface area contributed by atoms with Crippen LogP contribution in [-0.4, -0.2) is 10.1 Å². The maximum Gasteiger partial charge on any atom is 0.219 e. The van der Waals surface area contributed by atoms with Gasteiger partial charge in [0, 0.05) is 12.3 Å². The standard InChI is InChI=1S/C17H21NO2/c1-11(2)15-6-5-12(3)9-16(15)20-17-10-14(13(4)19)7-8-18-17/h5-11,13,19H,1-4H3/t13-/m1/s1. The van der Waals surface area contributed by atoms with E-state index in [-0.39, 0.29) is 0 Å². The summed E-state index contributed by atoms with van der Waals surface area (Å²) in [5.41, 5.74) is 3.10. The number of pyridine rings is 1. The van der Waals surface area contributed by atoms with Crippen molar-refractivity contribution in [1.29, 1.82) is 0 Å². The molecule has 0 saturated carbocycles. The van der Waals surface area contributed by atoms with Crippen LogP contribution in [0.1, 0.15) is 49.5 Å². The monoisotopic (exact) mass is 271 g/mol. The molecule has 0 unspecified atom stereocenters. The van der Waals surface area contributed by atoms with Gasteiger partial charge in [0.25, 0.3) is 0 Å². The predicted octanol–water partition coefficient (Wildman–Crippen LogP) is 4.36. The van der Waals surface area contributed by atoms with E-state index in [4.69, 9.17) is 4.74 Å².